The van der Waals surface area contributed by atoms with Gasteiger partial charge in [-0.2, -0.15) is 4.98 Å². The number of nitrogens with one attached hydrogen (secondary N) is 1. The molecule has 0 saturated heterocycles. The summed E-state index contributed by atoms with van der Waals surface area (Å²) in [6, 6.07) is 0. The molecule has 0 radical (unpaired) electrons. The fourth-order valence-corrected chi connectivity index (χ4v) is 3.00. The second kappa shape index (κ2) is 3.34. The lowest BCUT2D eigenvalue weighted by molar-refractivity contribution is 0.389. The van der Waals surface area contributed by atoms with Crippen LogP contribution < -0.4 is 10.4 Å². The highest BCUT2D eigenvalue weighted by atomic mass is 32.2. The number of ether oxygens (including phenoxy) is 1. The smallest absolute Gasteiger partial charge is 0.348 e. The van der Waals surface area contributed by atoms with Crippen LogP contribution in [0.15, 0.2) is 4.79 Å². The van der Waals surface area contributed by atoms with Gasteiger partial charge in [0.1, 0.15) is 0 Å². The molecular formula is C8H10N2O4S. The molecule has 0 bridgehead atoms. The number of H-pyrrole nitrogens is 1. The third-order valence-corrected chi connectivity index (χ3v) is 3.86. The first kappa shape index (κ1) is 10.2. The molecular weight excluding hydrogens is 220 g/mol. The van der Waals surface area contributed by atoms with E-state index in [9.17, 15) is 13.2 Å². The van der Waals surface area contributed by atoms with E-state index in [2.05, 4.69) is 9.97 Å². The number of aryl methyl sites for hydroxylation is 1. The Morgan fingerprint density at radius 1 is 1.47 bits per heavy atom. The summed E-state index contributed by atoms with van der Waals surface area (Å²) < 4.78 is 27.7. The van der Waals surface area contributed by atoms with Gasteiger partial charge in [-0.05, 0) is 0 Å². The summed E-state index contributed by atoms with van der Waals surface area (Å²) in [5, 5.41) is 0. The molecule has 0 spiro atoms. The van der Waals surface area contributed by atoms with E-state index >= 15 is 0 Å². The normalized spacial score (nSPS) is 18.2. The molecule has 0 aliphatic carbocycles. The van der Waals surface area contributed by atoms with Crippen LogP contribution in [0.1, 0.15) is 11.3 Å². The van der Waals surface area contributed by atoms with Gasteiger partial charge >= 0.3 is 5.69 Å². The van der Waals surface area contributed by atoms with Crippen LogP contribution >= 0.6 is 0 Å². The molecule has 1 aromatic rings. The Labute approximate surface area is 86.2 Å². The second-order valence-corrected chi connectivity index (χ2v) is 5.53. The van der Waals surface area contributed by atoms with E-state index in [-0.39, 0.29) is 17.4 Å². The maximum absolute atomic E-state index is 11.4. The van der Waals surface area contributed by atoms with Crippen LogP contribution in [0.5, 0.6) is 5.88 Å². The number of hydrogen-bond donors (Lipinski definition) is 1. The SMILES string of the molecule is COc1nc(=O)[nH]c2c1CS(=O)(=O)CC2. The first-order valence-corrected chi connectivity index (χ1v) is 6.20. The summed E-state index contributed by atoms with van der Waals surface area (Å²) in [6.07, 6.45) is 0.311. The summed E-state index contributed by atoms with van der Waals surface area (Å²) in [5.74, 6) is 0.0512. The third kappa shape index (κ3) is 1.87. The van der Waals surface area contributed by atoms with Gasteiger partial charge in [-0.25, -0.2) is 13.2 Å². The number of hydrogen-bond acceptors (Lipinski definition) is 5. The van der Waals surface area contributed by atoms with Crippen molar-refractivity contribution in [1.82, 2.24) is 9.97 Å². The molecule has 0 amide bonds. The van der Waals surface area contributed by atoms with E-state index in [0.717, 1.165) is 0 Å². The summed E-state index contributed by atoms with van der Waals surface area (Å²) in [6.45, 7) is 0. The van der Waals surface area contributed by atoms with Crippen LogP contribution in [0.25, 0.3) is 0 Å². The van der Waals surface area contributed by atoms with Crippen LogP contribution in [0.4, 0.5) is 0 Å². The van der Waals surface area contributed by atoms with Crippen molar-refractivity contribution < 1.29 is 13.2 Å². The molecule has 7 heteroatoms. The van der Waals surface area contributed by atoms with Crippen molar-refractivity contribution in [1.29, 1.82) is 0 Å². The molecule has 0 saturated carbocycles. The molecule has 82 valence electrons. The highest BCUT2D eigenvalue weighted by Crippen LogP contribution is 2.24. The summed E-state index contributed by atoms with van der Waals surface area (Å²) >= 11 is 0. The van der Waals surface area contributed by atoms with Gasteiger partial charge < -0.3 is 9.72 Å². The zero-order valence-corrected chi connectivity index (χ0v) is 8.93. The maximum atomic E-state index is 11.4. The predicted molar refractivity (Wildman–Crippen MR) is 52.6 cm³/mol. The van der Waals surface area contributed by atoms with Crippen molar-refractivity contribution in [2.24, 2.45) is 0 Å². The van der Waals surface area contributed by atoms with Crippen LogP contribution in [-0.2, 0) is 22.0 Å². The van der Waals surface area contributed by atoms with Gasteiger partial charge in [-0.15, -0.1) is 0 Å². The van der Waals surface area contributed by atoms with Gasteiger partial charge in [-0.3, -0.25) is 0 Å². The van der Waals surface area contributed by atoms with Crippen molar-refractivity contribution in [2.75, 3.05) is 12.9 Å². The molecule has 0 fully saturated rings. The minimum Gasteiger partial charge on any atom is -0.481 e. The molecule has 1 N–H and O–H groups in total. The van der Waals surface area contributed by atoms with Crippen LogP contribution in [0.2, 0.25) is 0 Å². The van der Waals surface area contributed by atoms with Gasteiger partial charge in [0.15, 0.2) is 9.84 Å². The highest BCUT2D eigenvalue weighted by molar-refractivity contribution is 7.90. The lowest BCUT2D eigenvalue weighted by Crippen LogP contribution is -2.25. The van der Waals surface area contributed by atoms with Crippen molar-refractivity contribution in [3.05, 3.63) is 21.7 Å². The zero-order chi connectivity index (χ0) is 11.1. The average Bonchev–Trinajstić information content (AvgIpc) is 2.17. The Kier molecular flexibility index (Phi) is 2.26. The van der Waals surface area contributed by atoms with E-state index < -0.39 is 15.5 Å². The van der Waals surface area contributed by atoms with Crippen LogP contribution in [-0.4, -0.2) is 31.2 Å². The second-order valence-electron chi connectivity index (χ2n) is 3.35. The quantitative estimate of drug-likeness (QED) is 0.685. The topological polar surface area (TPSA) is 89.1 Å². The minimum absolute atomic E-state index is 0.0586. The Morgan fingerprint density at radius 3 is 2.87 bits per heavy atom. The molecule has 6 nitrogen and oxygen atoms in total. The van der Waals surface area contributed by atoms with Crippen LogP contribution in [0, 0.1) is 0 Å². The number of fused-ring (bicyclic) bond motifs is 1. The molecule has 0 aromatic carbocycles. The standard InChI is InChI=1S/C8H10N2O4S/c1-14-7-5-4-15(12,13)3-2-6(5)9-8(11)10-7/h2-4H2,1H3,(H,9,10,11). The average molecular weight is 230 g/mol. The van der Waals surface area contributed by atoms with Gasteiger partial charge in [-0.1, -0.05) is 0 Å². The minimum atomic E-state index is -3.08. The van der Waals surface area contributed by atoms with Gasteiger partial charge in [0.05, 0.1) is 18.6 Å². The van der Waals surface area contributed by atoms with E-state index in [1.165, 1.54) is 7.11 Å². The third-order valence-electron chi connectivity index (χ3n) is 2.30. The maximum Gasteiger partial charge on any atom is 0.348 e. The number of rotatable bonds is 1. The van der Waals surface area contributed by atoms with Gasteiger partial charge in [0, 0.05) is 17.7 Å². The number of nitrogens with zero attached hydrogens (tertiary/aromatic N) is 1. The first-order valence-electron chi connectivity index (χ1n) is 4.38. The molecule has 15 heavy (non-hydrogen) atoms. The summed E-state index contributed by atoms with van der Waals surface area (Å²) in [4.78, 5) is 17.2. The van der Waals surface area contributed by atoms with Crippen LogP contribution in [0.3, 0.4) is 0 Å². The first-order chi connectivity index (χ1) is 7.02. The molecule has 2 rings (SSSR count). The van der Waals surface area contributed by atoms with E-state index in [0.29, 0.717) is 17.7 Å². The number of sulfone groups is 1. The highest BCUT2D eigenvalue weighted by Gasteiger charge is 2.26. The van der Waals surface area contributed by atoms with Crippen molar-refractivity contribution in [3.8, 4) is 5.88 Å². The number of aromatic nitrogens is 2. The van der Waals surface area contributed by atoms with Gasteiger partial charge in [0.25, 0.3) is 0 Å². The molecule has 1 aromatic heterocycles. The summed E-state index contributed by atoms with van der Waals surface area (Å²) in [7, 11) is -1.72. The van der Waals surface area contributed by atoms with E-state index in [1.54, 1.807) is 0 Å². The van der Waals surface area contributed by atoms with E-state index in [1.807, 2.05) is 0 Å². The fourth-order valence-electron chi connectivity index (χ4n) is 1.60. The van der Waals surface area contributed by atoms with Crippen molar-refractivity contribution in [2.45, 2.75) is 12.2 Å². The fraction of sp³-hybridized carbons (Fsp3) is 0.500. The zero-order valence-electron chi connectivity index (χ0n) is 8.11. The molecule has 0 atom stereocenters. The molecule has 0 unspecified atom stereocenters. The lowest BCUT2D eigenvalue weighted by Gasteiger charge is -2.16. The Morgan fingerprint density at radius 2 is 2.20 bits per heavy atom. The predicted octanol–water partition coefficient (Wildman–Crippen LogP) is -0.751. The van der Waals surface area contributed by atoms with E-state index in [4.69, 9.17) is 4.74 Å². The summed E-state index contributed by atoms with van der Waals surface area (Å²) in [5.41, 5.74) is 0.579. The molecule has 2 heterocycles. The Bertz CT molecular complexity index is 526. The monoisotopic (exact) mass is 230 g/mol. The lowest BCUT2D eigenvalue weighted by atomic mass is 10.2. The van der Waals surface area contributed by atoms with Crippen molar-refractivity contribution in [3.63, 3.8) is 0 Å². The van der Waals surface area contributed by atoms with Crippen molar-refractivity contribution >= 4 is 9.84 Å². The molecule has 1 aliphatic heterocycles. The Hall–Kier alpha value is -1.37. The Balaban J connectivity index is 2.62. The largest absolute Gasteiger partial charge is 0.481 e. The number of aromatic amines is 1. The van der Waals surface area contributed by atoms with Gasteiger partial charge in [0.2, 0.25) is 5.88 Å². The molecule has 1 aliphatic rings. The number of methoxy groups -OCH3 is 1.